The monoisotopic (exact) mass is 420 g/mol. The van der Waals surface area contributed by atoms with Crippen LogP contribution >= 0.6 is 11.3 Å². The Morgan fingerprint density at radius 3 is 2.50 bits per heavy atom. The molecule has 1 aromatic heterocycles. The standard InChI is InChI=1S/C21H28N2O3S2/c1-16-5-7-18(8-6-16)9-10-19-11-13-23(14-12-19)21(24)17(2)22-28(25,26)20-4-3-15-27-20/h3-8,15,17,19,22H,9-14H2,1-2H3. The van der Waals surface area contributed by atoms with Crippen LogP contribution < -0.4 is 4.72 Å². The Bertz CT molecular complexity index is 869. The van der Waals surface area contributed by atoms with Crippen molar-refractivity contribution in [3.8, 4) is 0 Å². The number of aryl methyl sites for hydroxylation is 2. The fourth-order valence-electron chi connectivity index (χ4n) is 3.60. The number of hydrogen-bond donors (Lipinski definition) is 1. The zero-order valence-electron chi connectivity index (χ0n) is 16.4. The molecule has 1 atom stereocenters. The van der Waals surface area contributed by atoms with Gasteiger partial charge in [-0.15, -0.1) is 11.3 Å². The van der Waals surface area contributed by atoms with Crippen LogP contribution in [-0.4, -0.2) is 38.4 Å². The highest BCUT2D eigenvalue weighted by Crippen LogP contribution is 2.23. The second-order valence-corrected chi connectivity index (χ2v) is 10.5. The number of sulfonamides is 1. The summed E-state index contributed by atoms with van der Waals surface area (Å²) in [5.41, 5.74) is 2.64. The van der Waals surface area contributed by atoms with Crippen LogP contribution in [0.25, 0.3) is 0 Å². The first kappa shape index (κ1) is 21.0. The molecule has 1 N–H and O–H groups in total. The summed E-state index contributed by atoms with van der Waals surface area (Å²) in [6.07, 6.45) is 4.14. The van der Waals surface area contributed by atoms with Crippen LogP contribution in [0.15, 0.2) is 46.0 Å². The first-order valence-corrected chi connectivity index (χ1v) is 12.1. The van der Waals surface area contributed by atoms with Crippen molar-refractivity contribution in [2.24, 2.45) is 5.92 Å². The first-order valence-electron chi connectivity index (χ1n) is 9.75. The molecule has 0 saturated carbocycles. The van der Waals surface area contributed by atoms with Gasteiger partial charge in [0.25, 0.3) is 10.0 Å². The van der Waals surface area contributed by atoms with Crippen LogP contribution in [0, 0.1) is 12.8 Å². The molecule has 7 heteroatoms. The predicted octanol–water partition coefficient (Wildman–Crippen LogP) is 3.59. The second-order valence-electron chi connectivity index (χ2n) is 7.57. The maximum absolute atomic E-state index is 12.7. The molecular weight excluding hydrogens is 392 g/mol. The molecule has 1 saturated heterocycles. The van der Waals surface area contributed by atoms with E-state index in [-0.39, 0.29) is 10.1 Å². The van der Waals surface area contributed by atoms with Crippen LogP contribution in [0.2, 0.25) is 0 Å². The van der Waals surface area contributed by atoms with Crippen molar-refractivity contribution in [3.63, 3.8) is 0 Å². The van der Waals surface area contributed by atoms with E-state index in [9.17, 15) is 13.2 Å². The third kappa shape index (κ3) is 5.43. The number of benzene rings is 1. The van der Waals surface area contributed by atoms with Crippen molar-refractivity contribution in [2.75, 3.05) is 13.1 Å². The average molecular weight is 421 g/mol. The van der Waals surface area contributed by atoms with Crippen molar-refractivity contribution in [1.29, 1.82) is 0 Å². The number of amides is 1. The van der Waals surface area contributed by atoms with E-state index in [1.807, 2.05) is 0 Å². The quantitative estimate of drug-likeness (QED) is 0.744. The van der Waals surface area contributed by atoms with E-state index in [1.165, 1.54) is 11.1 Å². The number of nitrogens with one attached hydrogen (secondary N) is 1. The first-order chi connectivity index (χ1) is 13.3. The van der Waals surface area contributed by atoms with Crippen molar-refractivity contribution in [3.05, 3.63) is 52.9 Å². The Balaban J connectivity index is 1.46. The van der Waals surface area contributed by atoms with E-state index in [2.05, 4.69) is 35.9 Å². The highest BCUT2D eigenvalue weighted by Gasteiger charge is 2.29. The Kier molecular flexibility index (Phi) is 6.91. The lowest BCUT2D eigenvalue weighted by molar-refractivity contribution is -0.134. The van der Waals surface area contributed by atoms with Gasteiger partial charge in [-0.25, -0.2) is 8.42 Å². The zero-order valence-corrected chi connectivity index (χ0v) is 18.1. The van der Waals surface area contributed by atoms with Crippen molar-refractivity contribution >= 4 is 27.3 Å². The third-order valence-electron chi connectivity index (χ3n) is 5.35. The van der Waals surface area contributed by atoms with Gasteiger partial charge in [-0.3, -0.25) is 4.79 Å². The molecular formula is C21H28N2O3S2. The molecule has 1 amide bonds. The molecule has 2 aromatic rings. The Morgan fingerprint density at radius 1 is 1.21 bits per heavy atom. The molecule has 0 bridgehead atoms. The van der Waals surface area contributed by atoms with Gasteiger partial charge in [0.05, 0.1) is 6.04 Å². The van der Waals surface area contributed by atoms with Crippen LogP contribution in [0.3, 0.4) is 0 Å². The summed E-state index contributed by atoms with van der Waals surface area (Å²) in [5, 5.41) is 1.71. The van der Waals surface area contributed by atoms with Gasteiger partial charge in [-0.2, -0.15) is 4.72 Å². The lowest BCUT2D eigenvalue weighted by Crippen LogP contribution is -2.49. The lowest BCUT2D eigenvalue weighted by Gasteiger charge is -2.33. The Labute approximate surface area is 171 Å². The van der Waals surface area contributed by atoms with Gasteiger partial charge in [0, 0.05) is 13.1 Å². The zero-order chi connectivity index (χ0) is 20.1. The molecule has 1 aliphatic heterocycles. The normalized spacial score (nSPS) is 16.9. The largest absolute Gasteiger partial charge is 0.341 e. The molecule has 3 rings (SSSR count). The molecule has 0 radical (unpaired) electrons. The second kappa shape index (κ2) is 9.20. The summed E-state index contributed by atoms with van der Waals surface area (Å²) < 4.78 is 27.4. The van der Waals surface area contributed by atoms with E-state index < -0.39 is 16.1 Å². The highest BCUT2D eigenvalue weighted by atomic mass is 32.2. The third-order valence-corrected chi connectivity index (χ3v) is 8.29. The predicted molar refractivity (Wildman–Crippen MR) is 113 cm³/mol. The van der Waals surface area contributed by atoms with Gasteiger partial charge in [0.1, 0.15) is 4.21 Å². The summed E-state index contributed by atoms with van der Waals surface area (Å²) >= 11 is 1.15. The van der Waals surface area contributed by atoms with Crippen molar-refractivity contribution < 1.29 is 13.2 Å². The Morgan fingerprint density at radius 2 is 1.89 bits per heavy atom. The molecule has 28 heavy (non-hydrogen) atoms. The average Bonchev–Trinajstić information content (AvgIpc) is 3.23. The molecule has 2 heterocycles. The molecule has 152 valence electrons. The van der Waals surface area contributed by atoms with E-state index in [0.717, 1.165) is 37.0 Å². The number of piperidine rings is 1. The lowest BCUT2D eigenvalue weighted by atomic mass is 9.90. The number of thiophene rings is 1. The van der Waals surface area contributed by atoms with Crippen LogP contribution in [0.1, 0.15) is 37.3 Å². The smallest absolute Gasteiger partial charge is 0.250 e. The van der Waals surface area contributed by atoms with Crippen LogP contribution in [0.5, 0.6) is 0 Å². The van der Waals surface area contributed by atoms with E-state index in [0.29, 0.717) is 19.0 Å². The molecule has 0 spiro atoms. The fraction of sp³-hybridized carbons (Fsp3) is 0.476. The highest BCUT2D eigenvalue weighted by molar-refractivity contribution is 7.91. The van der Waals surface area contributed by atoms with Crippen molar-refractivity contribution in [2.45, 2.75) is 49.8 Å². The molecule has 1 unspecified atom stereocenters. The van der Waals surface area contributed by atoms with Crippen LogP contribution in [0.4, 0.5) is 0 Å². The van der Waals surface area contributed by atoms with Gasteiger partial charge >= 0.3 is 0 Å². The molecule has 5 nitrogen and oxygen atoms in total. The fourth-order valence-corrected chi connectivity index (χ4v) is 5.81. The number of nitrogens with zero attached hydrogens (tertiary/aromatic N) is 1. The minimum absolute atomic E-state index is 0.142. The van der Waals surface area contributed by atoms with E-state index in [4.69, 9.17) is 0 Å². The SMILES string of the molecule is Cc1ccc(CCC2CCN(C(=O)C(C)NS(=O)(=O)c3cccs3)CC2)cc1. The molecule has 1 aliphatic rings. The number of carbonyl (C=O) groups is 1. The van der Waals surface area contributed by atoms with Crippen molar-refractivity contribution in [1.82, 2.24) is 9.62 Å². The summed E-state index contributed by atoms with van der Waals surface area (Å²) in [6.45, 7) is 5.11. The van der Waals surface area contributed by atoms with Gasteiger partial charge < -0.3 is 4.90 Å². The number of likely N-dealkylation sites (tertiary alicyclic amines) is 1. The molecule has 1 fully saturated rings. The minimum atomic E-state index is -3.63. The summed E-state index contributed by atoms with van der Waals surface area (Å²) in [6, 6.07) is 11.2. The number of rotatable bonds is 7. The molecule has 1 aromatic carbocycles. The number of carbonyl (C=O) groups excluding carboxylic acids is 1. The summed E-state index contributed by atoms with van der Waals surface area (Å²) in [7, 11) is -3.63. The van der Waals surface area contributed by atoms with Crippen LogP contribution in [-0.2, 0) is 21.2 Å². The minimum Gasteiger partial charge on any atom is -0.341 e. The molecule has 0 aliphatic carbocycles. The Hall–Kier alpha value is -1.70. The maximum Gasteiger partial charge on any atom is 0.250 e. The van der Waals surface area contributed by atoms with E-state index >= 15 is 0 Å². The van der Waals surface area contributed by atoms with E-state index in [1.54, 1.807) is 29.3 Å². The van der Waals surface area contributed by atoms with Gasteiger partial charge in [-0.1, -0.05) is 35.9 Å². The topological polar surface area (TPSA) is 66.5 Å². The van der Waals surface area contributed by atoms with Gasteiger partial charge in [0.15, 0.2) is 0 Å². The summed E-state index contributed by atoms with van der Waals surface area (Å²) in [5.74, 6) is 0.473. The van der Waals surface area contributed by atoms with Gasteiger partial charge in [0.2, 0.25) is 5.91 Å². The maximum atomic E-state index is 12.7. The van der Waals surface area contributed by atoms with Gasteiger partial charge in [-0.05, 0) is 62.5 Å². The number of hydrogen-bond acceptors (Lipinski definition) is 4. The summed E-state index contributed by atoms with van der Waals surface area (Å²) in [4.78, 5) is 14.5.